The Morgan fingerprint density at radius 2 is 1.67 bits per heavy atom. The Morgan fingerprint density at radius 3 is 2.24 bits per heavy atom. The van der Waals surface area contributed by atoms with Gasteiger partial charge in [0.05, 0.1) is 6.26 Å². The number of nitrogens with two attached hydrogens (primary N) is 3. The van der Waals surface area contributed by atoms with Crippen LogP contribution in [0.4, 0.5) is 11.4 Å². The van der Waals surface area contributed by atoms with Crippen molar-refractivity contribution in [3.63, 3.8) is 0 Å². The van der Waals surface area contributed by atoms with E-state index in [4.69, 9.17) is 26.7 Å². The number of benzene rings is 1. The molecule has 8 N–H and O–H groups in total. The van der Waals surface area contributed by atoms with E-state index in [0.29, 0.717) is 42.1 Å². The number of aliphatic hydroxyl groups excluding tert-OH is 2. The van der Waals surface area contributed by atoms with E-state index in [1.54, 1.807) is 12.3 Å². The molecule has 0 saturated carbocycles. The fourth-order valence-corrected chi connectivity index (χ4v) is 2.45. The lowest BCUT2D eigenvalue weighted by Crippen LogP contribution is -2.09. The Balaban J connectivity index is 2.57. The summed E-state index contributed by atoms with van der Waals surface area (Å²) in [7, 11) is 0. The minimum atomic E-state index is -0.0439. The van der Waals surface area contributed by atoms with Gasteiger partial charge in [0.1, 0.15) is 5.76 Å². The molecule has 0 unspecified atom stereocenters. The topological polar surface area (TPSA) is 132 Å². The first-order valence-corrected chi connectivity index (χ1v) is 6.81. The standard InChI is InChI=1S/C15H21N3O3/c16-7-9-5-14(21-8-9)12-6-13(17)10(1-3-19)11(2-4-20)15(12)18/h5-6,8,19-20H,1-4,7,16-18H2. The summed E-state index contributed by atoms with van der Waals surface area (Å²) >= 11 is 0. The second kappa shape index (κ2) is 6.62. The molecule has 114 valence electrons. The summed E-state index contributed by atoms with van der Waals surface area (Å²) in [6, 6.07) is 3.56. The van der Waals surface area contributed by atoms with E-state index >= 15 is 0 Å². The van der Waals surface area contributed by atoms with Crippen LogP contribution in [0.1, 0.15) is 16.7 Å². The highest BCUT2D eigenvalue weighted by molar-refractivity contribution is 5.81. The SMILES string of the molecule is NCc1coc(-c2cc(N)c(CCO)c(CCO)c2N)c1. The number of nitrogen functional groups attached to an aromatic ring is 2. The van der Waals surface area contributed by atoms with Gasteiger partial charge in [0.25, 0.3) is 0 Å². The van der Waals surface area contributed by atoms with Gasteiger partial charge < -0.3 is 31.8 Å². The van der Waals surface area contributed by atoms with Crippen LogP contribution >= 0.6 is 0 Å². The summed E-state index contributed by atoms with van der Waals surface area (Å²) in [5, 5.41) is 18.4. The molecule has 0 aliphatic heterocycles. The van der Waals surface area contributed by atoms with Crippen LogP contribution < -0.4 is 17.2 Å². The molecule has 21 heavy (non-hydrogen) atoms. The van der Waals surface area contributed by atoms with Gasteiger partial charge in [-0.25, -0.2) is 0 Å². The van der Waals surface area contributed by atoms with Crippen molar-refractivity contribution in [1.29, 1.82) is 0 Å². The zero-order chi connectivity index (χ0) is 15.4. The Hall–Kier alpha value is -2.02. The smallest absolute Gasteiger partial charge is 0.136 e. The second-order valence-corrected chi connectivity index (χ2v) is 4.85. The molecule has 0 aliphatic rings. The highest BCUT2D eigenvalue weighted by atomic mass is 16.3. The predicted octanol–water partition coefficient (Wildman–Crippen LogP) is 0.639. The zero-order valence-corrected chi connectivity index (χ0v) is 11.8. The molecule has 0 bridgehead atoms. The number of hydrogen-bond donors (Lipinski definition) is 5. The van der Waals surface area contributed by atoms with Gasteiger partial charge in [-0.2, -0.15) is 0 Å². The van der Waals surface area contributed by atoms with E-state index < -0.39 is 0 Å². The molecule has 0 amide bonds. The number of rotatable bonds is 6. The van der Waals surface area contributed by atoms with E-state index in [9.17, 15) is 5.11 Å². The third-order valence-electron chi connectivity index (χ3n) is 3.51. The van der Waals surface area contributed by atoms with Gasteiger partial charge >= 0.3 is 0 Å². The van der Waals surface area contributed by atoms with Crippen LogP contribution in [0.25, 0.3) is 11.3 Å². The van der Waals surface area contributed by atoms with E-state index in [-0.39, 0.29) is 13.2 Å². The van der Waals surface area contributed by atoms with Gasteiger partial charge in [0.15, 0.2) is 0 Å². The molecule has 6 heteroatoms. The minimum Gasteiger partial charge on any atom is -0.464 e. The summed E-state index contributed by atoms with van der Waals surface area (Å²) in [5.74, 6) is 0.592. The van der Waals surface area contributed by atoms with E-state index in [2.05, 4.69) is 0 Å². The molecule has 1 aromatic carbocycles. The first kappa shape index (κ1) is 15.4. The lowest BCUT2D eigenvalue weighted by molar-refractivity contribution is 0.293. The largest absolute Gasteiger partial charge is 0.464 e. The molecule has 1 heterocycles. The molecule has 1 aromatic heterocycles. The fourth-order valence-electron chi connectivity index (χ4n) is 2.45. The van der Waals surface area contributed by atoms with Crippen LogP contribution in [-0.4, -0.2) is 23.4 Å². The van der Waals surface area contributed by atoms with Gasteiger partial charge in [-0.3, -0.25) is 0 Å². The maximum atomic E-state index is 9.23. The summed E-state index contributed by atoms with van der Waals surface area (Å²) < 4.78 is 5.48. The van der Waals surface area contributed by atoms with Crippen molar-refractivity contribution in [2.24, 2.45) is 5.73 Å². The van der Waals surface area contributed by atoms with Gasteiger partial charge in [0.2, 0.25) is 0 Å². The monoisotopic (exact) mass is 291 g/mol. The first-order valence-electron chi connectivity index (χ1n) is 6.81. The number of hydrogen-bond acceptors (Lipinski definition) is 6. The lowest BCUT2D eigenvalue weighted by atomic mass is 9.94. The van der Waals surface area contributed by atoms with Gasteiger partial charge in [-0.05, 0) is 36.1 Å². The predicted molar refractivity (Wildman–Crippen MR) is 82.4 cm³/mol. The molecule has 0 saturated heterocycles. The van der Waals surface area contributed by atoms with Crippen molar-refractivity contribution in [2.45, 2.75) is 19.4 Å². The Labute approximate surface area is 123 Å². The molecule has 0 fully saturated rings. The van der Waals surface area contributed by atoms with Crippen molar-refractivity contribution in [3.8, 4) is 11.3 Å². The molecule has 2 aromatic rings. The summed E-state index contributed by atoms with van der Waals surface area (Å²) in [6.07, 6.45) is 2.36. The molecular formula is C15H21N3O3. The Bertz CT molecular complexity index is 623. The van der Waals surface area contributed by atoms with Crippen LogP contribution in [0.3, 0.4) is 0 Å². The molecule has 0 radical (unpaired) electrons. The van der Waals surface area contributed by atoms with Crippen molar-refractivity contribution >= 4 is 11.4 Å². The average Bonchev–Trinajstić information content (AvgIpc) is 2.95. The van der Waals surface area contributed by atoms with Crippen LogP contribution in [0.15, 0.2) is 22.8 Å². The third-order valence-corrected chi connectivity index (χ3v) is 3.51. The molecule has 0 aliphatic carbocycles. The average molecular weight is 291 g/mol. The van der Waals surface area contributed by atoms with E-state index in [0.717, 1.165) is 16.7 Å². The molecule has 6 nitrogen and oxygen atoms in total. The summed E-state index contributed by atoms with van der Waals surface area (Å²) in [6.45, 7) is 0.308. The third kappa shape index (κ3) is 3.02. The highest BCUT2D eigenvalue weighted by Gasteiger charge is 2.17. The van der Waals surface area contributed by atoms with Crippen LogP contribution in [0.5, 0.6) is 0 Å². The van der Waals surface area contributed by atoms with Crippen molar-refractivity contribution in [1.82, 2.24) is 0 Å². The summed E-state index contributed by atoms with van der Waals surface area (Å²) in [5.41, 5.74) is 22.0. The first-order chi connectivity index (χ1) is 10.1. The quantitative estimate of drug-likeness (QED) is 0.496. The van der Waals surface area contributed by atoms with Gasteiger partial charge in [0, 0.05) is 42.3 Å². The Morgan fingerprint density at radius 1 is 1.00 bits per heavy atom. The molecule has 0 atom stereocenters. The molecule has 2 rings (SSSR count). The second-order valence-electron chi connectivity index (χ2n) is 4.85. The maximum Gasteiger partial charge on any atom is 0.136 e. The normalized spacial score (nSPS) is 11.0. The van der Waals surface area contributed by atoms with Crippen LogP contribution in [-0.2, 0) is 19.4 Å². The zero-order valence-electron chi connectivity index (χ0n) is 11.8. The van der Waals surface area contributed by atoms with Crippen molar-refractivity contribution in [2.75, 3.05) is 24.7 Å². The molecule has 0 spiro atoms. The van der Waals surface area contributed by atoms with Crippen molar-refractivity contribution < 1.29 is 14.6 Å². The van der Waals surface area contributed by atoms with Crippen LogP contribution in [0.2, 0.25) is 0 Å². The van der Waals surface area contributed by atoms with Gasteiger partial charge in [-0.15, -0.1) is 0 Å². The summed E-state index contributed by atoms with van der Waals surface area (Å²) in [4.78, 5) is 0. The van der Waals surface area contributed by atoms with Crippen LogP contribution in [0, 0.1) is 0 Å². The van der Waals surface area contributed by atoms with E-state index in [1.165, 1.54) is 0 Å². The lowest BCUT2D eigenvalue weighted by Gasteiger charge is -2.17. The van der Waals surface area contributed by atoms with Gasteiger partial charge in [-0.1, -0.05) is 0 Å². The maximum absolute atomic E-state index is 9.23. The highest BCUT2D eigenvalue weighted by Crippen LogP contribution is 2.36. The number of anilines is 2. The number of furan rings is 1. The van der Waals surface area contributed by atoms with Crippen molar-refractivity contribution in [3.05, 3.63) is 35.1 Å². The Kier molecular flexibility index (Phi) is 4.85. The minimum absolute atomic E-state index is 0.0283. The molecular weight excluding hydrogens is 270 g/mol. The fraction of sp³-hybridized carbons (Fsp3) is 0.333. The number of aliphatic hydroxyl groups is 2. The van der Waals surface area contributed by atoms with E-state index in [1.807, 2.05) is 6.07 Å².